The van der Waals surface area contributed by atoms with Crippen molar-refractivity contribution in [3.05, 3.63) is 18.2 Å². The van der Waals surface area contributed by atoms with Crippen molar-refractivity contribution in [1.29, 1.82) is 0 Å². The van der Waals surface area contributed by atoms with Crippen molar-refractivity contribution in [1.82, 2.24) is 19.3 Å². The van der Waals surface area contributed by atoms with Gasteiger partial charge in [0, 0.05) is 36.9 Å². The van der Waals surface area contributed by atoms with E-state index in [9.17, 15) is 0 Å². The Labute approximate surface area is 91.1 Å². The van der Waals surface area contributed by atoms with Gasteiger partial charge in [-0.1, -0.05) is 0 Å². The molecule has 0 saturated carbocycles. The smallest absolute Gasteiger partial charge is 0.233 e. The third-order valence-corrected chi connectivity index (χ3v) is 2.55. The summed E-state index contributed by atoms with van der Waals surface area (Å²) >= 11 is 1.28. The van der Waals surface area contributed by atoms with E-state index in [1.54, 1.807) is 6.20 Å². The minimum absolute atomic E-state index is 0.327. The number of nitrogen functional groups attached to an aromatic ring is 1. The number of rotatable bonds is 5. The van der Waals surface area contributed by atoms with Gasteiger partial charge < -0.3 is 16.0 Å². The molecule has 6 nitrogen and oxygen atoms in total. The normalized spacial score (nSPS) is 10.4. The Bertz CT molecular complexity index is 395. The lowest BCUT2D eigenvalue weighted by molar-refractivity contribution is 0.816. The Balaban J connectivity index is 1.67. The minimum Gasteiger partial charge on any atom is -0.367 e. The first-order chi connectivity index (χ1) is 7.34. The molecule has 0 aliphatic carbocycles. The molecular weight excluding hydrogens is 212 g/mol. The van der Waals surface area contributed by atoms with E-state index < -0.39 is 0 Å². The molecule has 2 aromatic heterocycles. The van der Waals surface area contributed by atoms with Crippen molar-refractivity contribution in [2.24, 2.45) is 0 Å². The third kappa shape index (κ3) is 2.91. The van der Waals surface area contributed by atoms with Crippen LogP contribution in [0.4, 0.5) is 11.1 Å². The van der Waals surface area contributed by atoms with Gasteiger partial charge in [-0.3, -0.25) is 0 Å². The molecule has 0 unspecified atom stereocenters. The maximum atomic E-state index is 5.39. The summed E-state index contributed by atoms with van der Waals surface area (Å²) in [5.74, 6) is 1.34. The number of anilines is 2. The van der Waals surface area contributed by atoms with Crippen molar-refractivity contribution >= 4 is 22.6 Å². The number of H-pyrrole nitrogens is 1. The van der Waals surface area contributed by atoms with E-state index >= 15 is 0 Å². The van der Waals surface area contributed by atoms with Crippen LogP contribution in [0.25, 0.3) is 0 Å². The Morgan fingerprint density at radius 2 is 2.47 bits per heavy atom. The van der Waals surface area contributed by atoms with Crippen LogP contribution in [0.1, 0.15) is 12.2 Å². The fraction of sp³-hybridized carbons (Fsp3) is 0.375. The zero-order valence-electron chi connectivity index (χ0n) is 8.10. The Hall–Kier alpha value is -1.63. The number of hydrogen-bond donors (Lipinski definition) is 3. The number of hydrogen-bond acceptors (Lipinski definition) is 6. The summed E-state index contributed by atoms with van der Waals surface area (Å²) in [7, 11) is 0. The van der Waals surface area contributed by atoms with E-state index in [-0.39, 0.29) is 0 Å². The molecule has 2 heterocycles. The van der Waals surface area contributed by atoms with Crippen molar-refractivity contribution in [3.8, 4) is 0 Å². The monoisotopic (exact) mass is 224 g/mol. The Morgan fingerprint density at radius 1 is 1.53 bits per heavy atom. The fourth-order valence-corrected chi connectivity index (χ4v) is 1.71. The molecule has 0 aliphatic rings. The van der Waals surface area contributed by atoms with Crippen molar-refractivity contribution in [3.63, 3.8) is 0 Å². The van der Waals surface area contributed by atoms with Crippen LogP contribution in [-0.2, 0) is 6.42 Å². The van der Waals surface area contributed by atoms with Crippen LogP contribution in [0.2, 0.25) is 0 Å². The summed E-state index contributed by atoms with van der Waals surface area (Å²) in [5.41, 5.74) is 5.39. The third-order valence-electron chi connectivity index (χ3n) is 1.86. The maximum Gasteiger partial charge on any atom is 0.233 e. The average molecular weight is 224 g/mol. The maximum absolute atomic E-state index is 5.39. The van der Waals surface area contributed by atoms with Gasteiger partial charge in [-0.15, -0.1) is 0 Å². The van der Waals surface area contributed by atoms with Crippen LogP contribution in [-0.4, -0.2) is 25.9 Å². The zero-order chi connectivity index (χ0) is 10.5. The Kier molecular flexibility index (Phi) is 3.13. The van der Waals surface area contributed by atoms with Crippen LogP contribution < -0.4 is 11.1 Å². The predicted octanol–water partition coefficient (Wildman–Crippen LogP) is 0.888. The molecule has 0 radical (unpaired) electrons. The summed E-state index contributed by atoms with van der Waals surface area (Å²) in [4.78, 5) is 11.2. The lowest BCUT2D eigenvalue weighted by atomic mass is 10.3. The summed E-state index contributed by atoms with van der Waals surface area (Å²) in [6.45, 7) is 0.843. The van der Waals surface area contributed by atoms with Crippen molar-refractivity contribution in [2.75, 3.05) is 17.6 Å². The molecule has 0 amide bonds. The first-order valence-corrected chi connectivity index (χ1v) is 5.43. The van der Waals surface area contributed by atoms with Gasteiger partial charge in [0.1, 0.15) is 5.82 Å². The van der Waals surface area contributed by atoms with E-state index in [4.69, 9.17) is 5.73 Å². The molecule has 0 aromatic carbocycles. The van der Waals surface area contributed by atoms with Gasteiger partial charge in [-0.05, 0) is 6.42 Å². The number of nitrogens with two attached hydrogens (primary N) is 1. The topological polar surface area (TPSA) is 92.5 Å². The number of aromatic amines is 1. The largest absolute Gasteiger partial charge is 0.367 e. The number of aryl methyl sites for hydroxylation is 1. The van der Waals surface area contributed by atoms with Crippen LogP contribution in [0.15, 0.2) is 12.4 Å². The van der Waals surface area contributed by atoms with E-state index in [1.165, 1.54) is 11.5 Å². The molecule has 4 N–H and O–H groups in total. The van der Waals surface area contributed by atoms with E-state index in [1.807, 2.05) is 6.20 Å². The van der Waals surface area contributed by atoms with Crippen molar-refractivity contribution < 1.29 is 0 Å². The molecule has 15 heavy (non-hydrogen) atoms. The highest BCUT2D eigenvalue weighted by Crippen LogP contribution is 2.11. The first-order valence-electron chi connectivity index (χ1n) is 4.66. The number of nitrogens with zero attached hydrogens (tertiary/aromatic N) is 3. The van der Waals surface area contributed by atoms with Crippen LogP contribution >= 0.6 is 11.5 Å². The number of imidazole rings is 1. The lowest BCUT2D eigenvalue weighted by Crippen LogP contribution is -2.03. The average Bonchev–Trinajstić information content (AvgIpc) is 2.84. The van der Waals surface area contributed by atoms with Gasteiger partial charge in [0.2, 0.25) is 11.1 Å². The molecule has 0 spiro atoms. The molecule has 0 atom stereocenters. The summed E-state index contributed by atoms with van der Waals surface area (Å²) in [6, 6.07) is 0. The van der Waals surface area contributed by atoms with Crippen LogP contribution in [0.3, 0.4) is 0 Å². The van der Waals surface area contributed by atoms with E-state index in [0.717, 1.165) is 30.3 Å². The first kappa shape index (κ1) is 9.91. The van der Waals surface area contributed by atoms with Gasteiger partial charge in [0.25, 0.3) is 0 Å². The molecule has 0 aliphatic heterocycles. The highest BCUT2D eigenvalue weighted by Gasteiger charge is 1.99. The Morgan fingerprint density at radius 3 is 3.13 bits per heavy atom. The highest BCUT2D eigenvalue weighted by molar-refractivity contribution is 7.09. The van der Waals surface area contributed by atoms with Gasteiger partial charge >= 0.3 is 0 Å². The lowest BCUT2D eigenvalue weighted by Gasteiger charge is -1.99. The van der Waals surface area contributed by atoms with Crippen molar-refractivity contribution in [2.45, 2.75) is 12.8 Å². The van der Waals surface area contributed by atoms with Gasteiger partial charge in [-0.25, -0.2) is 4.98 Å². The second kappa shape index (κ2) is 4.74. The second-order valence-corrected chi connectivity index (χ2v) is 3.78. The molecule has 2 rings (SSSR count). The van der Waals surface area contributed by atoms with Gasteiger partial charge in [0.15, 0.2) is 0 Å². The summed E-state index contributed by atoms with van der Waals surface area (Å²) in [5, 5.41) is 3.92. The molecular formula is C8H12N6S. The predicted molar refractivity (Wildman–Crippen MR) is 59.7 cm³/mol. The molecule has 0 fully saturated rings. The molecule has 80 valence electrons. The van der Waals surface area contributed by atoms with Gasteiger partial charge in [-0.2, -0.15) is 9.36 Å². The summed E-state index contributed by atoms with van der Waals surface area (Å²) < 4.78 is 3.87. The van der Waals surface area contributed by atoms with Crippen LogP contribution in [0.5, 0.6) is 0 Å². The number of nitrogens with one attached hydrogen (secondary N) is 2. The molecule has 0 saturated heterocycles. The highest BCUT2D eigenvalue weighted by atomic mass is 32.1. The SMILES string of the molecule is Nc1nsc(NCCCc2ncc[nH]2)n1. The molecule has 0 bridgehead atoms. The van der Waals surface area contributed by atoms with Crippen LogP contribution in [0, 0.1) is 0 Å². The minimum atomic E-state index is 0.327. The molecule has 7 heteroatoms. The van der Waals surface area contributed by atoms with Gasteiger partial charge in [0.05, 0.1) is 0 Å². The molecule has 2 aromatic rings. The van der Waals surface area contributed by atoms with E-state index in [0.29, 0.717) is 5.95 Å². The summed E-state index contributed by atoms with van der Waals surface area (Å²) in [6.07, 6.45) is 5.50. The quantitative estimate of drug-likeness (QED) is 0.656. The number of aromatic nitrogens is 4. The standard InChI is InChI=1S/C8H12N6S/c9-7-13-8(15-14-7)12-3-1-2-6-10-4-5-11-6/h4-5H,1-3H2,(H,10,11)(H3,9,12,13,14). The van der Waals surface area contributed by atoms with E-state index in [2.05, 4.69) is 24.6 Å². The second-order valence-electron chi connectivity index (χ2n) is 3.02. The fourth-order valence-electron chi connectivity index (χ4n) is 1.19. The zero-order valence-corrected chi connectivity index (χ0v) is 8.92.